The van der Waals surface area contributed by atoms with Crippen molar-refractivity contribution >= 4 is 67.6 Å². The number of nitrogens with zero attached hydrogens (tertiary/aromatic N) is 2. The Bertz CT molecular complexity index is 1190. The van der Waals surface area contributed by atoms with E-state index in [2.05, 4.69) is 10.0 Å². The minimum Gasteiger partial charge on any atom is -0.444 e. The predicted molar refractivity (Wildman–Crippen MR) is 136 cm³/mol. The summed E-state index contributed by atoms with van der Waals surface area (Å²) in [5, 5.41) is 2.93. The molecule has 8 nitrogen and oxygen atoms in total. The van der Waals surface area contributed by atoms with Gasteiger partial charge in [-0.05, 0) is 73.7 Å². The molecule has 1 aliphatic rings. The molecular weight excluding hydrogens is 605 g/mol. The molecule has 0 radical (unpaired) electrons. The molecule has 0 bridgehead atoms. The smallest absolute Gasteiger partial charge is 0.410 e. The van der Waals surface area contributed by atoms with Gasteiger partial charge in [0.1, 0.15) is 11.3 Å². The summed E-state index contributed by atoms with van der Waals surface area (Å²) < 4.78 is 64.2. The van der Waals surface area contributed by atoms with Crippen LogP contribution in [0.25, 0.3) is 0 Å². The van der Waals surface area contributed by atoms with Crippen LogP contribution in [-0.2, 0) is 14.9 Å². The molecule has 2 aromatic rings. The zero-order valence-electron chi connectivity index (χ0n) is 18.7. The fourth-order valence-corrected chi connectivity index (χ4v) is 5.25. The molecule has 1 amide bonds. The SMILES string of the molecule is CC(C)(C)OC(=O)N1CCN(S(=O)(=O)Nc2ccc(F)c(F)c2Nc2ccc(I)cc2Cl)CC1. The van der Waals surface area contributed by atoms with E-state index in [9.17, 15) is 22.0 Å². The fourth-order valence-electron chi connectivity index (χ4n) is 3.12. The van der Waals surface area contributed by atoms with E-state index in [0.29, 0.717) is 0 Å². The van der Waals surface area contributed by atoms with Gasteiger partial charge in [0, 0.05) is 29.7 Å². The molecule has 186 valence electrons. The van der Waals surface area contributed by atoms with Crippen LogP contribution < -0.4 is 10.0 Å². The van der Waals surface area contributed by atoms with Gasteiger partial charge in [-0.3, -0.25) is 4.72 Å². The first kappa shape index (κ1) is 26.7. The zero-order chi connectivity index (χ0) is 25.3. The summed E-state index contributed by atoms with van der Waals surface area (Å²) in [7, 11) is -4.14. The van der Waals surface area contributed by atoms with Crippen molar-refractivity contribution in [3.05, 3.63) is 50.6 Å². The van der Waals surface area contributed by atoms with E-state index >= 15 is 0 Å². The third-order valence-corrected chi connectivity index (χ3v) is 7.26. The molecule has 1 heterocycles. The highest BCUT2D eigenvalue weighted by atomic mass is 127. The van der Waals surface area contributed by atoms with Gasteiger partial charge in [-0.2, -0.15) is 12.7 Å². The third kappa shape index (κ3) is 6.61. The number of ether oxygens (including phenoxy) is 1. The zero-order valence-corrected chi connectivity index (χ0v) is 22.4. The van der Waals surface area contributed by atoms with Crippen molar-refractivity contribution in [2.24, 2.45) is 0 Å². The number of carbonyl (C=O) groups is 1. The highest BCUT2D eigenvalue weighted by Gasteiger charge is 2.32. The van der Waals surface area contributed by atoms with Crippen molar-refractivity contribution in [2.75, 3.05) is 36.2 Å². The second-order valence-corrected chi connectivity index (χ2v) is 11.8. The van der Waals surface area contributed by atoms with Gasteiger partial charge in [0.2, 0.25) is 0 Å². The van der Waals surface area contributed by atoms with Crippen LogP contribution in [0.4, 0.5) is 30.6 Å². The number of hydrogen-bond acceptors (Lipinski definition) is 5. The first-order chi connectivity index (χ1) is 15.8. The van der Waals surface area contributed by atoms with Crippen LogP contribution in [0.3, 0.4) is 0 Å². The van der Waals surface area contributed by atoms with E-state index in [-0.39, 0.29) is 42.6 Å². The second-order valence-electron chi connectivity index (χ2n) is 8.51. The molecule has 1 saturated heterocycles. The van der Waals surface area contributed by atoms with Crippen LogP contribution in [0.1, 0.15) is 20.8 Å². The monoisotopic (exact) mass is 628 g/mol. The lowest BCUT2D eigenvalue weighted by Gasteiger charge is -2.35. The number of anilines is 3. The Balaban J connectivity index is 1.77. The van der Waals surface area contributed by atoms with Crippen molar-refractivity contribution in [2.45, 2.75) is 26.4 Å². The Kier molecular flexibility index (Phi) is 8.15. The lowest BCUT2D eigenvalue weighted by molar-refractivity contribution is 0.0193. The van der Waals surface area contributed by atoms with Gasteiger partial charge < -0.3 is 15.0 Å². The van der Waals surface area contributed by atoms with Crippen LogP contribution in [0, 0.1) is 15.2 Å². The summed E-state index contributed by atoms with van der Waals surface area (Å²) in [5.74, 6) is -2.41. The lowest BCUT2D eigenvalue weighted by atomic mass is 10.2. The molecule has 0 aromatic heterocycles. The number of carbonyl (C=O) groups excluding carboxylic acids is 1. The van der Waals surface area contributed by atoms with Gasteiger partial charge in [0.25, 0.3) is 0 Å². The Morgan fingerprint density at radius 3 is 2.29 bits per heavy atom. The molecule has 0 aliphatic carbocycles. The van der Waals surface area contributed by atoms with Crippen LogP contribution >= 0.6 is 34.2 Å². The van der Waals surface area contributed by atoms with Crippen molar-refractivity contribution < 1.29 is 26.7 Å². The second kappa shape index (κ2) is 10.4. The summed E-state index contributed by atoms with van der Waals surface area (Å²) in [6, 6.07) is 6.85. The molecule has 0 saturated carbocycles. The summed E-state index contributed by atoms with van der Waals surface area (Å²) in [5.41, 5.74) is -0.988. The van der Waals surface area contributed by atoms with E-state index in [0.717, 1.165) is 20.0 Å². The Morgan fingerprint density at radius 1 is 1.09 bits per heavy atom. The van der Waals surface area contributed by atoms with Gasteiger partial charge in [0.15, 0.2) is 11.6 Å². The largest absolute Gasteiger partial charge is 0.444 e. The molecule has 34 heavy (non-hydrogen) atoms. The number of hydrogen-bond donors (Lipinski definition) is 2. The van der Waals surface area contributed by atoms with E-state index in [1.807, 2.05) is 22.6 Å². The number of nitrogens with one attached hydrogen (secondary N) is 2. The number of halogens is 4. The van der Waals surface area contributed by atoms with Crippen molar-refractivity contribution in [1.82, 2.24) is 9.21 Å². The average Bonchev–Trinajstić information content (AvgIpc) is 2.73. The number of rotatable bonds is 5. The topological polar surface area (TPSA) is 91.0 Å². The van der Waals surface area contributed by atoms with Gasteiger partial charge in [0.05, 0.1) is 16.4 Å². The first-order valence-electron chi connectivity index (χ1n) is 10.2. The summed E-state index contributed by atoms with van der Waals surface area (Å²) in [6.07, 6.45) is -0.529. The minimum atomic E-state index is -4.14. The molecule has 2 aromatic carbocycles. The first-order valence-corrected chi connectivity index (χ1v) is 13.1. The van der Waals surface area contributed by atoms with Gasteiger partial charge in [-0.25, -0.2) is 13.6 Å². The van der Waals surface area contributed by atoms with Gasteiger partial charge >= 0.3 is 16.3 Å². The standard InChI is InChI=1S/C21H24ClF2IN4O4S/c1-21(2,3)33-20(30)28-8-10-29(11-9-28)34(31,32)27-17-7-5-15(23)18(24)19(17)26-16-6-4-13(25)12-14(16)22/h4-7,12,26-27H,8-11H2,1-3H3. The highest BCUT2D eigenvalue weighted by molar-refractivity contribution is 14.1. The molecule has 0 atom stereocenters. The predicted octanol–water partition coefficient (Wildman–Crippen LogP) is 5.18. The Morgan fingerprint density at radius 2 is 1.71 bits per heavy atom. The molecule has 13 heteroatoms. The maximum absolute atomic E-state index is 14.7. The summed E-state index contributed by atoms with van der Waals surface area (Å²) in [4.78, 5) is 13.6. The normalized spacial score (nSPS) is 15.2. The summed E-state index contributed by atoms with van der Waals surface area (Å²) >= 11 is 8.24. The molecular formula is C21H24ClF2IN4O4S. The van der Waals surface area contributed by atoms with Crippen molar-refractivity contribution in [3.63, 3.8) is 0 Å². The minimum absolute atomic E-state index is 0.00393. The van der Waals surface area contributed by atoms with Crippen molar-refractivity contribution in [3.8, 4) is 0 Å². The van der Waals surface area contributed by atoms with Crippen molar-refractivity contribution in [1.29, 1.82) is 0 Å². The third-order valence-electron chi connectivity index (χ3n) is 4.75. The number of amides is 1. The molecule has 3 rings (SSSR count). The fraction of sp³-hybridized carbons (Fsp3) is 0.381. The van der Waals surface area contributed by atoms with Gasteiger partial charge in [-0.1, -0.05) is 11.6 Å². The van der Waals surface area contributed by atoms with E-state index in [1.54, 1.807) is 39.0 Å². The van der Waals surface area contributed by atoms with Crippen LogP contribution in [0.15, 0.2) is 30.3 Å². The van der Waals surface area contributed by atoms with Crippen LogP contribution in [-0.4, -0.2) is 55.5 Å². The van der Waals surface area contributed by atoms with Crippen LogP contribution in [0.5, 0.6) is 0 Å². The quantitative estimate of drug-likeness (QED) is 0.446. The average molecular weight is 629 g/mol. The maximum atomic E-state index is 14.7. The number of benzene rings is 2. The molecule has 2 N–H and O–H groups in total. The maximum Gasteiger partial charge on any atom is 0.410 e. The lowest BCUT2D eigenvalue weighted by Crippen LogP contribution is -2.52. The van der Waals surface area contributed by atoms with E-state index in [4.69, 9.17) is 16.3 Å². The van der Waals surface area contributed by atoms with E-state index in [1.165, 1.54) is 4.90 Å². The molecule has 0 unspecified atom stereocenters. The Hall–Kier alpha value is -1.90. The molecule has 1 fully saturated rings. The number of piperazine rings is 1. The van der Waals surface area contributed by atoms with Crippen LogP contribution in [0.2, 0.25) is 5.02 Å². The summed E-state index contributed by atoms with van der Waals surface area (Å²) in [6.45, 7) is 5.48. The molecule has 0 spiro atoms. The molecule has 1 aliphatic heterocycles. The van der Waals surface area contributed by atoms with E-state index < -0.39 is 39.2 Å². The highest BCUT2D eigenvalue weighted by Crippen LogP contribution is 2.34. The van der Waals surface area contributed by atoms with Gasteiger partial charge in [-0.15, -0.1) is 0 Å². The Labute approximate surface area is 215 Å².